The van der Waals surface area contributed by atoms with Crippen molar-refractivity contribution >= 4 is 23.4 Å². The fourth-order valence-corrected chi connectivity index (χ4v) is 2.74. The van der Waals surface area contributed by atoms with Crippen LogP contribution in [0, 0.1) is 0 Å². The Hall–Kier alpha value is -3.66. The number of hydrogen-bond donors (Lipinski definition) is 0. The molecular formula is C24H20O4. The molecule has 0 unspecified atom stereocenters. The van der Waals surface area contributed by atoms with Gasteiger partial charge >= 0.3 is 5.97 Å². The lowest BCUT2D eigenvalue weighted by atomic mass is 10.0. The number of ether oxygens (including phenoxy) is 2. The van der Waals surface area contributed by atoms with Gasteiger partial charge in [0, 0.05) is 11.1 Å². The molecule has 0 radical (unpaired) electrons. The topological polar surface area (TPSA) is 52.6 Å². The van der Waals surface area contributed by atoms with Gasteiger partial charge in [-0.3, -0.25) is 4.79 Å². The van der Waals surface area contributed by atoms with Gasteiger partial charge in [-0.25, -0.2) is 4.79 Å². The van der Waals surface area contributed by atoms with Crippen molar-refractivity contribution in [3.63, 3.8) is 0 Å². The van der Waals surface area contributed by atoms with Gasteiger partial charge in [0.1, 0.15) is 5.75 Å². The van der Waals surface area contributed by atoms with Crippen LogP contribution < -0.4 is 4.74 Å². The predicted octanol–water partition coefficient (Wildman–Crippen LogP) is 4.66. The van der Waals surface area contributed by atoms with Crippen molar-refractivity contribution < 1.29 is 19.1 Å². The van der Waals surface area contributed by atoms with E-state index in [1.165, 1.54) is 0 Å². The van der Waals surface area contributed by atoms with Crippen LogP contribution in [0.5, 0.6) is 5.75 Å². The first-order chi connectivity index (χ1) is 13.7. The molecule has 140 valence electrons. The minimum Gasteiger partial charge on any atom is -0.496 e. The Balaban J connectivity index is 1.86. The van der Waals surface area contributed by atoms with Crippen molar-refractivity contribution in [2.45, 2.75) is 0 Å². The van der Waals surface area contributed by atoms with Crippen LogP contribution in [-0.2, 0) is 9.53 Å². The third-order valence-corrected chi connectivity index (χ3v) is 4.17. The number of rotatable bonds is 7. The molecule has 0 aliphatic heterocycles. The minimum absolute atomic E-state index is 0.251. The lowest BCUT2D eigenvalue weighted by Crippen LogP contribution is -2.15. The van der Waals surface area contributed by atoms with Crippen LogP contribution in [0.1, 0.15) is 21.5 Å². The Kier molecular flexibility index (Phi) is 6.37. The molecular weight excluding hydrogens is 352 g/mol. The number of carbonyl (C=O) groups excluding carboxylic acids is 2. The van der Waals surface area contributed by atoms with E-state index in [2.05, 4.69) is 0 Å². The average molecular weight is 372 g/mol. The van der Waals surface area contributed by atoms with E-state index in [4.69, 9.17) is 9.47 Å². The smallest absolute Gasteiger partial charge is 0.339 e. The standard InChI is InChI=1S/C24H20O4/c1-27-23-15-9-8-14-20(23)16-21(18-10-4-2-5-11-18)24(26)28-17-22(25)19-12-6-3-7-13-19/h2-16H,17H2,1H3. The molecule has 0 saturated heterocycles. The number of carbonyl (C=O) groups is 2. The molecule has 3 rings (SSSR count). The molecule has 0 aliphatic carbocycles. The highest BCUT2D eigenvalue weighted by Crippen LogP contribution is 2.25. The molecule has 4 nitrogen and oxygen atoms in total. The van der Waals surface area contributed by atoms with Crippen LogP contribution in [0.4, 0.5) is 0 Å². The van der Waals surface area contributed by atoms with Crippen molar-refractivity contribution in [2.24, 2.45) is 0 Å². The lowest BCUT2D eigenvalue weighted by molar-refractivity contribution is -0.135. The first-order valence-electron chi connectivity index (χ1n) is 8.84. The van der Waals surface area contributed by atoms with E-state index in [1.807, 2.05) is 60.7 Å². The molecule has 0 heterocycles. The summed E-state index contributed by atoms with van der Waals surface area (Å²) in [6.45, 7) is -0.320. The first kappa shape index (κ1) is 19.1. The fraction of sp³-hybridized carbons (Fsp3) is 0.0833. The molecule has 0 N–H and O–H groups in total. The zero-order valence-corrected chi connectivity index (χ0v) is 15.5. The SMILES string of the molecule is COc1ccccc1C=C(C(=O)OCC(=O)c1ccccc1)c1ccccc1. The fourth-order valence-electron chi connectivity index (χ4n) is 2.74. The van der Waals surface area contributed by atoms with Gasteiger partial charge in [-0.2, -0.15) is 0 Å². The Labute approximate surface area is 164 Å². The molecule has 0 atom stereocenters. The summed E-state index contributed by atoms with van der Waals surface area (Å²) >= 11 is 0. The van der Waals surface area contributed by atoms with Crippen LogP contribution >= 0.6 is 0 Å². The molecule has 4 heteroatoms. The molecule has 0 saturated carbocycles. The number of hydrogen-bond acceptors (Lipinski definition) is 4. The maximum absolute atomic E-state index is 12.8. The summed E-state index contributed by atoms with van der Waals surface area (Å²) in [4.78, 5) is 25.1. The van der Waals surface area contributed by atoms with E-state index >= 15 is 0 Å². The zero-order valence-electron chi connectivity index (χ0n) is 15.5. The van der Waals surface area contributed by atoms with Gasteiger partial charge in [-0.15, -0.1) is 0 Å². The van der Waals surface area contributed by atoms with Gasteiger partial charge in [0.15, 0.2) is 12.4 Å². The van der Waals surface area contributed by atoms with Gasteiger partial charge in [0.2, 0.25) is 0 Å². The molecule has 3 aromatic rings. The highest BCUT2D eigenvalue weighted by Gasteiger charge is 2.17. The van der Waals surface area contributed by atoms with Crippen LogP contribution in [0.2, 0.25) is 0 Å². The summed E-state index contributed by atoms with van der Waals surface area (Å²) in [5, 5.41) is 0. The summed E-state index contributed by atoms with van der Waals surface area (Å²) in [6.07, 6.45) is 1.71. The summed E-state index contributed by atoms with van der Waals surface area (Å²) in [5.74, 6) is -0.177. The van der Waals surface area contributed by atoms with Crippen molar-refractivity contribution in [1.82, 2.24) is 0 Å². The van der Waals surface area contributed by atoms with Crippen LogP contribution in [0.15, 0.2) is 84.9 Å². The molecule has 0 bridgehead atoms. The second-order valence-electron chi connectivity index (χ2n) is 6.03. The third-order valence-electron chi connectivity index (χ3n) is 4.17. The second kappa shape index (κ2) is 9.33. The van der Waals surface area contributed by atoms with Crippen molar-refractivity contribution in [3.8, 4) is 5.75 Å². The number of esters is 1. The first-order valence-corrected chi connectivity index (χ1v) is 8.84. The van der Waals surface area contributed by atoms with Gasteiger partial charge in [-0.05, 0) is 17.7 Å². The molecule has 0 spiro atoms. The van der Waals surface area contributed by atoms with E-state index < -0.39 is 5.97 Å². The van der Waals surface area contributed by atoms with Crippen molar-refractivity contribution in [1.29, 1.82) is 0 Å². The molecule has 0 aliphatic rings. The third kappa shape index (κ3) is 4.74. The average Bonchev–Trinajstić information content (AvgIpc) is 2.77. The molecule has 0 fully saturated rings. The minimum atomic E-state index is -0.568. The lowest BCUT2D eigenvalue weighted by Gasteiger charge is -2.10. The van der Waals surface area contributed by atoms with Gasteiger partial charge < -0.3 is 9.47 Å². The van der Waals surface area contributed by atoms with E-state index in [-0.39, 0.29) is 12.4 Å². The molecule has 3 aromatic carbocycles. The maximum Gasteiger partial charge on any atom is 0.339 e. The zero-order chi connectivity index (χ0) is 19.8. The highest BCUT2D eigenvalue weighted by atomic mass is 16.5. The quantitative estimate of drug-likeness (QED) is 0.262. The van der Waals surface area contributed by atoms with Gasteiger partial charge in [0.05, 0.1) is 12.7 Å². The molecule has 0 amide bonds. The Morgan fingerprint density at radius 1 is 0.786 bits per heavy atom. The summed E-state index contributed by atoms with van der Waals surface area (Å²) in [5.41, 5.74) is 2.30. The summed E-state index contributed by atoms with van der Waals surface area (Å²) in [6, 6.07) is 25.3. The number of benzene rings is 3. The number of para-hydroxylation sites is 1. The van der Waals surface area contributed by atoms with Gasteiger partial charge in [0.25, 0.3) is 0 Å². The van der Waals surface area contributed by atoms with Crippen molar-refractivity contribution in [3.05, 3.63) is 102 Å². The van der Waals surface area contributed by atoms with Crippen molar-refractivity contribution in [2.75, 3.05) is 13.7 Å². The Morgan fingerprint density at radius 2 is 1.36 bits per heavy atom. The van der Waals surface area contributed by atoms with E-state index in [0.29, 0.717) is 22.4 Å². The maximum atomic E-state index is 12.8. The predicted molar refractivity (Wildman–Crippen MR) is 109 cm³/mol. The number of Topliss-reactive ketones (excluding diaryl/α,β-unsaturated/α-hetero) is 1. The van der Waals surface area contributed by atoms with E-state index in [9.17, 15) is 9.59 Å². The molecule has 28 heavy (non-hydrogen) atoms. The Bertz CT molecular complexity index is 976. The largest absolute Gasteiger partial charge is 0.496 e. The van der Waals surface area contributed by atoms with Crippen LogP contribution in [0.25, 0.3) is 11.6 Å². The normalized spacial score (nSPS) is 11.0. The van der Waals surface area contributed by atoms with Gasteiger partial charge in [-0.1, -0.05) is 78.9 Å². The molecule has 0 aromatic heterocycles. The van der Waals surface area contributed by atoms with E-state index in [0.717, 1.165) is 5.56 Å². The van der Waals surface area contributed by atoms with E-state index in [1.54, 1.807) is 37.5 Å². The monoisotopic (exact) mass is 372 g/mol. The second-order valence-corrected chi connectivity index (χ2v) is 6.03. The summed E-state index contributed by atoms with van der Waals surface area (Å²) in [7, 11) is 1.58. The number of ketones is 1. The van der Waals surface area contributed by atoms with Crippen LogP contribution in [-0.4, -0.2) is 25.5 Å². The number of methoxy groups -OCH3 is 1. The van der Waals surface area contributed by atoms with Crippen LogP contribution in [0.3, 0.4) is 0 Å². The highest BCUT2D eigenvalue weighted by molar-refractivity contribution is 6.22. The Morgan fingerprint density at radius 3 is 2.00 bits per heavy atom. The summed E-state index contributed by atoms with van der Waals surface area (Å²) < 4.78 is 10.7.